The smallest absolute Gasteiger partial charge is 0.295 e. The van der Waals surface area contributed by atoms with E-state index in [1.807, 2.05) is 56.3 Å². The number of carbonyl (C=O) groups excluding carboxylic acids is 1. The van der Waals surface area contributed by atoms with Gasteiger partial charge in [-0.25, -0.2) is 0 Å². The molecule has 1 atom stereocenters. The first-order valence-electron chi connectivity index (χ1n) is 13.0. The Morgan fingerprint density at radius 2 is 1.71 bits per heavy atom. The van der Waals surface area contributed by atoms with Crippen LogP contribution in [0.4, 0.5) is 5.69 Å². The van der Waals surface area contributed by atoms with Crippen LogP contribution in [0, 0.1) is 6.92 Å². The third-order valence-corrected chi connectivity index (χ3v) is 7.23. The van der Waals surface area contributed by atoms with Gasteiger partial charge in [0.2, 0.25) is 5.76 Å². The van der Waals surface area contributed by atoms with Crippen LogP contribution in [0.1, 0.15) is 66.4 Å². The molecule has 0 fully saturated rings. The number of hydrogen-bond acceptors (Lipinski definition) is 5. The summed E-state index contributed by atoms with van der Waals surface area (Å²) in [5.41, 5.74) is 2.96. The predicted octanol–water partition coefficient (Wildman–Crippen LogP) is 7.58. The molecule has 2 heterocycles. The van der Waals surface area contributed by atoms with Crippen LogP contribution in [0.5, 0.6) is 11.5 Å². The molecule has 0 spiro atoms. The van der Waals surface area contributed by atoms with E-state index in [0.717, 1.165) is 34.9 Å². The average molecular weight is 576 g/mol. The van der Waals surface area contributed by atoms with Crippen LogP contribution in [-0.2, 0) is 0 Å². The summed E-state index contributed by atoms with van der Waals surface area (Å²) in [6.45, 7) is 7.11. The minimum atomic E-state index is -0.687. The lowest BCUT2D eigenvalue weighted by Gasteiger charge is -2.26. The molecule has 1 amide bonds. The van der Waals surface area contributed by atoms with Crippen molar-refractivity contribution < 1.29 is 18.7 Å². The van der Waals surface area contributed by atoms with Gasteiger partial charge in [0, 0.05) is 10.2 Å². The Bertz CT molecular complexity index is 1540. The van der Waals surface area contributed by atoms with Gasteiger partial charge in [0.15, 0.2) is 16.9 Å². The number of fused-ring (bicyclic) bond motifs is 2. The van der Waals surface area contributed by atoms with E-state index >= 15 is 0 Å². The fourth-order valence-corrected chi connectivity index (χ4v) is 5.21. The Kier molecular flexibility index (Phi) is 7.56. The Morgan fingerprint density at radius 1 is 0.921 bits per heavy atom. The summed E-state index contributed by atoms with van der Waals surface area (Å²) in [7, 11) is 0. The van der Waals surface area contributed by atoms with E-state index in [-0.39, 0.29) is 17.1 Å². The standard InChI is InChI=1S/C31H30BrNO5/c1-4-6-7-16-37-25-14-10-20(17-26(25)36-5-2)28-27-29(34)23-18-21(32)11-15-24(23)38-30(27)31(35)33(28)22-12-8-19(3)9-13-22/h8-15,17-18,28H,4-7,16H2,1-3H3. The Hall–Kier alpha value is -3.58. The van der Waals surface area contributed by atoms with E-state index < -0.39 is 6.04 Å². The largest absolute Gasteiger partial charge is 0.490 e. The first kappa shape index (κ1) is 26.0. The van der Waals surface area contributed by atoms with Crippen molar-refractivity contribution in [2.24, 2.45) is 0 Å². The number of ether oxygens (including phenoxy) is 2. The maximum atomic E-state index is 13.9. The molecule has 0 N–H and O–H groups in total. The van der Waals surface area contributed by atoms with E-state index in [0.29, 0.717) is 46.9 Å². The molecule has 1 aromatic heterocycles. The van der Waals surface area contributed by atoms with Crippen LogP contribution >= 0.6 is 15.9 Å². The van der Waals surface area contributed by atoms with Crippen molar-refractivity contribution in [1.29, 1.82) is 0 Å². The Morgan fingerprint density at radius 3 is 2.45 bits per heavy atom. The lowest BCUT2D eigenvalue weighted by atomic mass is 9.97. The van der Waals surface area contributed by atoms with Gasteiger partial charge in [-0.15, -0.1) is 0 Å². The second kappa shape index (κ2) is 11.0. The second-order valence-electron chi connectivity index (χ2n) is 9.42. The summed E-state index contributed by atoms with van der Waals surface area (Å²) in [5.74, 6) is 0.939. The third-order valence-electron chi connectivity index (χ3n) is 6.73. The number of rotatable bonds is 9. The molecule has 0 bridgehead atoms. The number of amides is 1. The summed E-state index contributed by atoms with van der Waals surface area (Å²) >= 11 is 3.45. The van der Waals surface area contributed by atoms with Crippen molar-refractivity contribution in [3.63, 3.8) is 0 Å². The van der Waals surface area contributed by atoms with E-state index in [1.54, 1.807) is 23.1 Å². The van der Waals surface area contributed by atoms with Gasteiger partial charge in [0.1, 0.15) is 5.58 Å². The number of unbranched alkanes of at least 4 members (excludes halogenated alkanes) is 2. The minimum absolute atomic E-state index is 0.0632. The fourth-order valence-electron chi connectivity index (χ4n) is 4.85. The summed E-state index contributed by atoms with van der Waals surface area (Å²) in [4.78, 5) is 29.4. The molecular weight excluding hydrogens is 546 g/mol. The van der Waals surface area contributed by atoms with Crippen molar-refractivity contribution in [2.45, 2.75) is 46.1 Å². The zero-order chi connectivity index (χ0) is 26.8. The molecule has 196 valence electrons. The van der Waals surface area contributed by atoms with Gasteiger partial charge < -0.3 is 13.9 Å². The molecule has 1 aliphatic rings. The summed E-state index contributed by atoms with van der Waals surface area (Å²) in [6.07, 6.45) is 3.16. The second-order valence-corrected chi connectivity index (χ2v) is 10.3. The number of halogens is 1. The molecule has 1 unspecified atom stereocenters. The van der Waals surface area contributed by atoms with Gasteiger partial charge >= 0.3 is 0 Å². The molecule has 0 saturated heterocycles. The molecule has 4 aromatic rings. The van der Waals surface area contributed by atoms with Crippen molar-refractivity contribution >= 4 is 38.5 Å². The van der Waals surface area contributed by atoms with Crippen molar-refractivity contribution in [1.82, 2.24) is 0 Å². The quantitative estimate of drug-likeness (QED) is 0.192. The zero-order valence-corrected chi connectivity index (χ0v) is 23.3. The average Bonchev–Trinajstić information content (AvgIpc) is 3.20. The predicted molar refractivity (Wildman–Crippen MR) is 153 cm³/mol. The molecular formula is C31H30BrNO5. The monoisotopic (exact) mass is 575 g/mol. The van der Waals surface area contributed by atoms with Crippen molar-refractivity contribution in [2.75, 3.05) is 18.1 Å². The fraction of sp³-hybridized carbons (Fsp3) is 0.290. The zero-order valence-electron chi connectivity index (χ0n) is 21.8. The number of nitrogens with zero attached hydrogens (tertiary/aromatic N) is 1. The van der Waals surface area contributed by atoms with Crippen molar-refractivity contribution in [3.05, 3.63) is 97.8 Å². The molecule has 38 heavy (non-hydrogen) atoms. The SMILES string of the molecule is CCCCCOc1ccc(C2c3c(oc4ccc(Br)cc4c3=O)C(=O)N2c2ccc(C)cc2)cc1OCC. The molecule has 1 aliphatic heterocycles. The van der Waals surface area contributed by atoms with E-state index in [9.17, 15) is 9.59 Å². The maximum absolute atomic E-state index is 13.9. The number of carbonyl (C=O) groups is 1. The van der Waals surface area contributed by atoms with Crippen LogP contribution in [0.2, 0.25) is 0 Å². The highest BCUT2D eigenvalue weighted by Gasteiger charge is 2.44. The molecule has 6 nitrogen and oxygen atoms in total. The lowest BCUT2D eigenvalue weighted by molar-refractivity contribution is 0.0971. The third kappa shape index (κ3) is 4.83. The highest BCUT2D eigenvalue weighted by atomic mass is 79.9. The van der Waals surface area contributed by atoms with Crippen LogP contribution < -0.4 is 19.8 Å². The number of anilines is 1. The molecule has 3 aromatic carbocycles. The van der Waals surface area contributed by atoms with Gasteiger partial charge in [0.05, 0.1) is 30.2 Å². The minimum Gasteiger partial charge on any atom is -0.490 e. The van der Waals surface area contributed by atoms with Gasteiger partial charge in [-0.1, -0.05) is 59.5 Å². The topological polar surface area (TPSA) is 69.0 Å². The molecule has 0 saturated carbocycles. The number of aryl methyl sites for hydroxylation is 1. The van der Waals surface area contributed by atoms with Crippen molar-refractivity contribution in [3.8, 4) is 11.5 Å². The summed E-state index contributed by atoms with van der Waals surface area (Å²) in [5, 5.41) is 0.419. The van der Waals surface area contributed by atoms with Gasteiger partial charge in [-0.2, -0.15) is 0 Å². The summed E-state index contributed by atoms with van der Waals surface area (Å²) in [6, 6.07) is 17.9. The molecule has 7 heteroatoms. The highest BCUT2D eigenvalue weighted by Crippen LogP contribution is 2.43. The van der Waals surface area contributed by atoms with Crippen LogP contribution in [-0.4, -0.2) is 19.1 Å². The maximum Gasteiger partial charge on any atom is 0.295 e. The number of benzene rings is 3. The summed E-state index contributed by atoms with van der Waals surface area (Å²) < 4.78 is 18.8. The highest BCUT2D eigenvalue weighted by molar-refractivity contribution is 9.10. The van der Waals surface area contributed by atoms with Crippen LogP contribution in [0.25, 0.3) is 11.0 Å². The lowest BCUT2D eigenvalue weighted by Crippen LogP contribution is -2.29. The Labute approximate surface area is 230 Å². The van der Waals surface area contributed by atoms with Gasteiger partial charge in [-0.3, -0.25) is 14.5 Å². The number of hydrogen-bond donors (Lipinski definition) is 0. The Balaban J connectivity index is 1.68. The molecule has 0 radical (unpaired) electrons. The van der Waals surface area contributed by atoms with E-state index in [4.69, 9.17) is 13.9 Å². The van der Waals surface area contributed by atoms with E-state index in [2.05, 4.69) is 22.9 Å². The molecule has 5 rings (SSSR count). The van der Waals surface area contributed by atoms with Crippen LogP contribution in [0.15, 0.2) is 74.3 Å². The first-order chi connectivity index (χ1) is 18.4. The normalized spacial score (nSPS) is 14.7. The molecule has 0 aliphatic carbocycles. The van der Waals surface area contributed by atoms with Gasteiger partial charge in [0.25, 0.3) is 5.91 Å². The first-order valence-corrected chi connectivity index (χ1v) is 13.8. The van der Waals surface area contributed by atoms with E-state index in [1.165, 1.54) is 0 Å². The van der Waals surface area contributed by atoms with Gasteiger partial charge in [-0.05, 0) is 68.3 Å². The van der Waals surface area contributed by atoms with Crippen LogP contribution in [0.3, 0.4) is 0 Å².